The fourth-order valence-corrected chi connectivity index (χ4v) is 3.50. The number of rotatable bonds is 0. The fourth-order valence-electron chi connectivity index (χ4n) is 2.23. The third kappa shape index (κ3) is 1.27. The second-order valence-corrected chi connectivity index (χ2v) is 4.93. The number of hydrogen-bond donors (Lipinski definition) is 1. The summed E-state index contributed by atoms with van der Waals surface area (Å²) in [5.74, 6) is 0. The van der Waals surface area contributed by atoms with Crippen LogP contribution in [-0.2, 0) is 6.42 Å². The van der Waals surface area contributed by atoms with E-state index in [0.29, 0.717) is 0 Å². The van der Waals surface area contributed by atoms with Crippen molar-refractivity contribution in [3.05, 3.63) is 34.7 Å². The standard InChI is InChI=1S/C12H11NOS/c14-13-9-5-3-7-11-12(9)8-4-1-2-6-10(8)15-11/h1-2,4,6,14H,3,5,7H2/b13-9-. The van der Waals surface area contributed by atoms with Gasteiger partial charge in [-0.25, -0.2) is 0 Å². The van der Waals surface area contributed by atoms with Gasteiger partial charge in [-0.1, -0.05) is 23.4 Å². The zero-order valence-electron chi connectivity index (χ0n) is 8.23. The first kappa shape index (κ1) is 8.92. The van der Waals surface area contributed by atoms with Crippen LogP contribution in [0.1, 0.15) is 23.3 Å². The lowest BCUT2D eigenvalue weighted by atomic mass is 9.94. The van der Waals surface area contributed by atoms with Gasteiger partial charge >= 0.3 is 0 Å². The Bertz CT molecular complexity index is 542. The monoisotopic (exact) mass is 217 g/mol. The van der Waals surface area contributed by atoms with Crippen LogP contribution in [0, 0.1) is 0 Å². The molecule has 1 aromatic carbocycles. The Morgan fingerprint density at radius 1 is 1.20 bits per heavy atom. The second kappa shape index (κ2) is 3.35. The summed E-state index contributed by atoms with van der Waals surface area (Å²) < 4.78 is 1.30. The molecule has 0 fully saturated rings. The van der Waals surface area contributed by atoms with Crippen LogP contribution in [0.15, 0.2) is 29.4 Å². The molecule has 76 valence electrons. The molecule has 1 aliphatic rings. The molecule has 1 aliphatic carbocycles. The number of nitrogens with zero attached hydrogens (tertiary/aromatic N) is 1. The van der Waals surface area contributed by atoms with Crippen molar-refractivity contribution in [2.24, 2.45) is 5.16 Å². The highest BCUT2D eigenvalue weighted by atomic mass is 32.1. The van der Waals surface area contributed by atoms with E-state index in [2.05, 4.69) is 23.4 Å². The van der Waals surface area contributed by atoms with E-state index in [-0.39, 0.29) is 0 Å². The average Bonchev–Trinajstić information content (AvgIpc) is 2.67. The van der Waals surface area contributed by atoms with Crippen LogP contribution < -0.4 is 0 Å². The van der Waals surface area contributed by atoms with Gasteiger partial charge in [0.05, 0.1) is 5.71 Å². The Balaban J connectivity index is 2.37. The molecule has 0 saturated carbocycles. The molecule has 0 aliphatic heterocycles. The summed E-state index contributed by atoms with van der Waals surface area (Å²) >= 11 is 1.83. The van der Waals surface area contributed by atoms with E-state index in [0.717, 1.165) is 25.0 Å². The van der Waals surface area contributed by atoms with Gasteiger partial charge in [-0.2, -0.15) is 0 Å². The van der Waals surface area contributed by atoms with Gasteiger partial charge in [0.2, 0.25) is 0 Å². The summed E-state index contributed by atoms with van der Waals surface area (Å²) in [4.78, 5) is 1.37. The Labute approximate surface area is 91.9 Å². The van der Waals surface area contributed by atoms with Gasteiger partial charge < -0.3 is 5.21 Å². The van der Waals surface area contributed by atoms with Crippen molar-refractivity contribution in [2.45, 2.75) is 19.3 Å². The van der Waals surface area contributed by atoms with Crippen molar-refractivity contribution in [2.75, 3.05) is 0 Å². The summed E-state index contributed by atoms with van der Waals surface area (Å²) in [6.07, 6.45) is 3.11. The third-order valence-electron chi connectivity index (χ3n) is 2.90. The lowest BCUT2D eigenvalue weighted by Crippen LogP contribution is -2.09. The van der Waals surface area contributed by atoms with Crippen LogP contribution in [0.4, 0.5) is 0 Å². The Morgan fingerprint density at radius 3 is 2.93 bits per heavy atom. The van der Waals surface area contributed by atoms with Gasteiger partial charge in [0.1, 0.15) is 0 Å². The van der Waals surface area contributed by atoms with E-state index in [4.69, 9.17) is 5.21 Å². The summed E-state index contributed by atoms with van der Waals surface area (Å²) in [5.41, 5.74) is 2.04. The van der Waals surface area contributed by atoms with Crippen molar-refractivity contribution in [1.29, 1.82) is 0 Å². The van der Waals surface area contributed by atoms with E-state index in [1.165, 1.54) is 20.5 Å². The molecule has 15 heavy (non-hydrogen) atoms. The Hall–Kier alpha value is -1.35. The van der Waals surface area contributed by atoms with E-state index in [1.807, 2.05) is 17.4 Å². The van der Waals surface area contributed by atoms with Gasteiger partial charge in [0, 0.05) is 20.5 Å². The molecule has 3 rings (SSSR count). The van der Waals surface area contributed by atoms with E-state index >= 15 is 0 Å². The lowest BCUT2D eigenvalue weighted by Gasteiger charge is -2.12. The molecule has 0 unspecified atom stereocenters. The minimum Gasteiger partial charge on any atom is -0.411 e. The second-order valence-electron chi connectivity index (χ2n) is 3.80. The molecular formula is C12H11NOS. The van der Waals surface area contributed by atoms with Crippen LogP contribution in [0.25, 0.3) is 10.1 Å². The first-order chi connectivity index (χ1) is 7.40. The van der Waals surface area contributed by atoms with Crippen molar-refractivity contribution in [3.63, 3.8) is 0 Å². The van der Waals surface area contributed by atoms with Gasteiger partial charge in [-0.05, 0) is 25.3 Å². The van der Waals surface area contributed by atoms with E-state index in [1.54, 1.807) is 0 Å². The van der Waals surface area contributed by atoms with Gasteiger partial charge in [0.25, 0.3) is 0 Å². The highest BCUT2D eigenvalue weighted by Gasteiger charge is 2.21. The average molecular weight is 217 g/mol. The minimum atomic E-state index is 0.855. The normalized spacial score (nSPS) is 18.3. The summed E-state index contributed by atoms with van der Waals surface area (Å²) in [5, 5.41) is 13.7. The molecule has 0 amide bonds. The number of oxime groups is 1. The summed E-state index contributed by atoms with van der Waals surface area (Å²) in [6, 6.07) is 8.34. The van der Waals surface area contributed by atoms with Gasteiger partial charge in [-0.3, -0.25) is 0 Å². The number of benzene rings is 1. The minimum absolute atomic E-state index is 0.855. The summed E-state index contributed by atoms with van der Waals surface area (Å²) in [6.45, 7) is 0. The maximum atomic E-state index is 9.01. The maximum absolute atomic E-state index is 9.01. The van der Waals surface area contributed by atoms with Crippen LogP contribution in [0.5, 0.6) is 0 Å². The van der Waals surface area contributed by atoms with Crippen LogP contribution in [0.2, 0.25) is 0 Å². The molecule has 0 radical (unpaired) electrons. The first-order valence-corrected chi connectivity index (χ1v) is 5.93. The van der Waals surface area contributed by atoms with Crippen molar-refractivity contribution in [1.82, 2.24) is 0 Å². The molecule has 2 aromatic rings. The third-order valence-corrected chi connectivity index (χ3v) is 4.13. The lowest BCUT2D eigenvalue weighted by molar-refractivity contribution is 0.317. The highest BCUT2D eigenvalue weighted by molar-refractivity contribution is 7.19. The number of hydrogen-bond acceptors (Lipinski definition) is 3. The molecule has 2 nitrogen and oxygen atoms in total. The molecular weight excluding hydrogens is 206 g/mol. The fraction of sp³-hybridized carbons (Fsp3) is 0.250. The highest BCUT2D eigenvalue weighted by Crippen LogP contribution is 2.36. The molecule has 1 heterocycles. The molecule has 0 saturated heterocycles. The predicted octanol–water partition coefficient (Wildman–Crippen LogP) is 3.42. The van der Waals surface area contributed by atoms with Crippen molar-refractivity contribution < 1.29 is 5.21 Å². The first-order valence-electron chi connectivity index (χ1n) is 5.12. The molecule has 1 N–H and O–H groups in total. The van der Waals surface area contributed by atoms with Crippen molar-refractivity contribution >= 4 is 27.1 Å². The maximum Gasteiger partial charge on any atom is 0.0885 e. The Kier molecular flexibility index (Phi) is 1.99. The van der Waals surface area contributed by atoms with Gasteiger partial charge in [0.15, 0.2) is 0 Å². The Morgan fingerprint density at radius 2 is 2.07 bits per heavy atom. The predicted molar refractivity (Wildman–Crippen MR) is 63.1 cm³/mol. The van der Waals surface area contributed by atoms with Crippen LogP contribution in [-0.4, -0.2) is 10.9 Å². The van der Waals surface area contributed by atoms with E-state index in [9.17, 15) is 0 Å². The number of thiophene rings is 1. The van der Waals surface area contributed by atoms with E-state index < -0.39 is 0 Å². The SMILES string of the molecule is O/N=C1/CCCc2sc3ccccc3c21. The molecule has 1 aromatic heterocycles. The van der Waals surface area contributed by atoms with Crippen molar-refractivity contribution in [3.8, 4) is 0 Å². The topological polar surface area (TPSA) is 32.6 Å². The number of aryl methyl sites for hydroxylation is 1. The zero-order valence-corrected chi connectivity index (χ0v) is 9.05. The molecule has 3 heteroatoms. The van der Waals surface area contributed by atoms with Gasteiger partial charge in [-0.15, -0.1) is 11.3 Å². The molecule has 0 spiro atoms. The quantitative estimate of drug-likeness (QED) is 0.532. The van der Waals surface area contributed by atoms with Crippen LogP contribution >= 0.6 is 11.3 Å². The largest absolute Gasteiger partial charge is 0.411 e. The smallest absolute Gasteiger partial charge is 0.0885 e. The number of fused-ring (bicyclic) bond motifs is 3. The molecule has 0 atom stereocenters. The summed E-state index contributed by atoms with van der Waals surface area (Å²) in [7, 11) is 0. The zero-order chi connectivity index (χ0) is 10.3. The van der Waals surface area contributed by atoms with Crippen LogP contribution in [0.3, 0.4) is 0 Å². The molecule has 0 bridgehead atoms.